The molecule has 0 spiro atoms. The quantitative estimate of drug-likeness (QED) is 0.422. The third kappa shape index (κ3) is 1.64. The maximum Gasteiger partial charge on any atom is 0.154 e. The molecule has 1 heterocycles. The summed E-state index contributed by atoms with van der Waals surface area (Å²) in [5.74, 6) is 0. The van der Waals surface area contributed by atoms with E-state index in [-0.39, 0.29) is 0 Å². The fourth-order valence-electron chi connectivity index (χ4n) is 2.67. The van der Waals surface area contributed by atoms with E-state index in [1.54, 1.807) is 0 Å². The van der Waals surface area contributed by atoms with E-state index in [1.807, 2.05) is 42.5 Å². The minimum absolute atomic E-state index is 0.651. The van der Waals surface area contributed by atoms with E-state index < -0.39 is 0 Å². The molecule has 4 rings (SSSR count). The molecule has 0 atom stereocenters. The minimum atomic E-state index is 0.651. The zero-order valence-corrected chi connectivity index (χ0v) is 11.4. The van der Waals surface area contributed by atoms with Crippen LogP contribution in [0.2, 0.25) is 5.02 Å². The number of rotatable bonds is 1. The van der Waals surface area contributed by atoms with E-state index in [0.29, 0.717) is 5.02 Å². The summed E-state index contributed by atoms with van der Waals surface area (Å²) >= 11 is 6.23. The first kappa shape index (κ1) is 11.6. The zero-order valence-electron chi connectivity index (χ0n) is 10.6. The first-order chi connectivity index (χ1) is 9.84. The van der Waals surface area contributed by atoms with Crippen molar-refractivity contribution in [3.63, 3.8) is 0 Å². The average Bonchev–Trinajstić information content (AvgIpc) is 2.88. The normalized spacial score (nSPS) is 11.2. The van der Waals surface area contributed by atoms with Crippen molar-refractivity contribution in [2.24, 2.45) is 0 Å². The van der Waals surface area contributed by atoms with E-state index in [2.05, 4.69) is 24.3 Å². The van der Waals surface area contributed by atoms with Crippen molar-refractivity contribution in [1.29, 1.82) is 0 Å². The topological polar surface area (TPSA) is 13.1 Å². The molecule has 0 amide bonds. The summed E-state index contributed by atoms with van der Waals surface area (Å²) in [7, 11) is 0. The van der Waals surface area contributed by atoms with Gasteiger partial charge in [-0.3, -0.25) is 0 Å². The highest BCUT2D eigenvalue weighted by Gasteiger charge is 2.13. The molecule has 0 saturated heterocycles. The van der Waals surface area contributed by atoms with Crippen LogP contribution in [-0.2, 0) is 0 Å². The largest absolute Gasteiger partial charge is 0.454 e. The van der Waals surface area contributed by atoms with Gasteiger partial charge in [-0.05, 0) is 23.3 Å². The van der Waals surface area contributed by atoms with Crippen molar-refractivity contribution in [3.05, 3.63) is 71.8 Å². The Morgan fingerprint density at radius 3 is 2.40 bits per heavy atom. The summed E-state index contributed by atoms with van der Waals surface area (Å²) < 4.78 is 5.91. The Kier molecular flexibility index (Phi) is 2.54. The van der Waals surface area contributed by atoms with Gasteiger partial charge in [-0.15, -0.1) is 0 Å². The molecule has 0 bridgehead atoms. The predicted octanol–water partition coefficient (Wildman–Crippen LogP) is 5.91. The van der Waals surface area contributed by atoms with Gasteiger partial charge < -0.3 is 4.42 Å². The summed E-state index contributed by atoms with van der Waals surface area (Å²) in [6, 6.07) is 22.3. The van der Waals surface area contributed by atoms with Gasteiger partial charge in [0.15, 0.2) is 5.58 Å². The van der Waals surface area contributed by atoms with Gasteiger partial charge in [0, 0.05) is 10.8 Å². The highest BCUT2D eigenvalue weighted by atomic mass is 35.5. The SMILES string of the molecule is Clc1cccc2c1oc1cccc(-c3ccccc3)c12. The van der Waals surface area contributed by atoms with Crippen LogP contribution in [0.3, 0.4) is 0 Å². The van der Waals surface area contributed by atoms with Gasteiger partial charge in [0.25, 0.3) is 0 Å². The van der Waals surface area contributed by atoms with Crippen LogP contribution in [0.1, 0.15) is 0 Å². The third-order valence-electron chi connectivity index (χ3n) is 3.56. The van der Waals surface area contributed by atoms with E-state index >= 15 is 0 Å². The molecule has 0 aliphatic rings. The molecule has 0 unspecified atom stereocenters. The van der Waals surface area contributed by atoms with Crippen LogP contribution in [0, 0.1) is 0 Å². The van der Waals surface area contributed by atoms with Crippen LogP contribution >= 0.6 is 11.6 Å². The fraction of sp³-hybridized carbons (Fsp3) is 0. The first-order valence-corrected chi connectivity index (χ1v) is 6.87. The maximum absolute atomic E-state index is 6.23. The smallest absolute Gasteiger partial charge is 0.154 e. The van der Waals surface area contributed by atoms with Crippen molar-refractivity contribution >= 4 is 33.5 Å². The Morgan fingerprint density at radius 1 is 0.750 bits per heavy atom. The molecule has 0 aliphatic carbocycles. The summed E-state index contributed by atoms with van der Waals surface area (Å²) in [6.45, 7) is 0. The van der Waals surface area contributed by atoms with Crippen LogP contribution in [0.5, 0.6) is 0 Å². The van der Waals surface area contributed by atoms with Crippen LogP contribution in [0.4, 0.5) is 0 Å². The Labute approximate surface area is 121 Å². The van der Waals surface area contributed by atoms with Gasteiger partial charge in [-0.2, -0.15) is 0 Å². The third-order valence-corrected chi connectivity index (χ3v) is 3.86. The molecule has 0 radical (unpaired) electrons. The number of hydrogen-bond donors (Lipinski definition) is 0. The Hall–Kier alpha value is -2.25. The van der Waals surface area contributed by atoms with E-state index in [4.69, 9.17) is 16.0 Å². The number of halogens is 1. The molecular formula is C18H11ClO. The monoisotopic (exact) mass is 278 g/mol. The second kappa shape index (κ2) is 4.39. The standard InChI is InChI=1S/C18H11ClO/c19-15-10-4-9-14-17-13(12-6-2-1-3-7-12)8-5-11-16(17)20-18(14)15/h1-11H. The number of furan rings is 1. The van der Waals surface area contributed by atoms with Gasteiger partial charge in [0.2, 0.25) is 0 Å². The summed E-state index contributed by atoms with van der Waals surface area (Å²) in [4.78, 5) is 0. The molecule has 96 valence electrons. The lowest BCUT2D eigenvalue weighted by molar-refractivity contribution is 0.669. The van der Waals surface area contributed by atoms with Gasteiger partial charge in [0.1, 0.15) is 5.58 Å². The molecule has 20 heavy (non-hydrogen) atoms. The molecule has 0 saturated carbocycles. The molecule has 4 aromatic rings. The molecule has 0 fully saturated rings. The number of hydrogen-bond acceptors (Lipinski definition) is 1. The van der Waals surface area contributed by atoms with Crippen molar-refractivity contribution in [2.75, 3.05) is 0 Å². The number of para-hydroxylation sites is 1. The van der Waals surface area contributed by atoms with Crippen molar-refractivity contribution in [2.45, 2.75) is 0 Å². The van der Waals surface area contributed by atoms with Crippen LogP contribution in [0.15, 0.2) is 71.1 Å². The van der Waals surface area contributed by atoms with Gasteiger partial charge in [-0.1, -0.05) is 66.2 Å². The zero-order chi connectivity index (χ0) is 13.5. The second-order valence-electron chi connectivity index (χ2n) is 4.76. The number of fused-ring (bicyclic) bond motifs is 3. The fourth-order valence-corrected chi connectivity index (χ4v) is 2.88. The van der Waals surface area contributed by atoms with Crippen LogP contribution < -0.4 is 0 Å². The number of benzene rings is 3. The summed E-state index contributed by atoms with van der Waals surface area (Å²) in [5.41, 5.74) is 3.98. The lowest BCUT2D eigenvalue weighted by Crippen LogP contribution is -1.78. The molecule has 3 aromatic carbocycles. The molecular weight excluding hydrogens is 268 g/mol. The first-order valence-electron chi connectivity index (χ1n) is 6.50. The predicted molar refractivity (Wildman–Crippen MR) is 84.2 cm³/mol. The Bertz CT molecular complexity index is 907. The lowest BCUT2D eigenvalue weighted by Gasteiger charge is -2.03. The average molecular weight is 279 g/mol. The summed E-state index contributed by atoms with van der Waals surface area (Å²) in [6.07, 6.45) is 0. The van der Waals surface area contributed by atoms with Crippen LogP contribution in [-0.4, -0.2) is 0 Å². The lowest BCUT2D eigenvalue weighted by atomic mass is 10.00. The van der Waals surface area contributed by atoms with Gasteiger partial charge in [-0.25, -0.2) is 0 Å². The van der Waals surface area contributed by atoms with Crippen molar-refractivity contribution in [3.8, 4) is 11.1 Å². The van der Waals surface area contributed by atoms with Crippen molar-refractivity contribution < 1.29 is 4.42 Å². The summed E-state index contributed by atoms with van der Waals surface area (Å²) in [5, 5.41) is 2.83. The second-order valence-corrected chi connectivity index (χ2v) is 5.17. The van der Waals surface area contributed by atoms with Gasteiger partial charge in [0.05, 0.1) is 5.02 Å². The highest BCUT2D eigenvalue weighted by molar-refractivity contribution is 6.36. The van der Waals surface area contributed by atoms with Crippen molar-refractivity contribution in [1.82, 2.24) is 0 Å². The molecule has 1 nitrogen and oxygen atoms in total. The Morgan fingerprint density at radius 2 is 1.55 bits per heavy atom. The molecule has 1 aromatic heterocycles. The maximum atomic E-state index is 6.23. The molecule has 0 N–H and O–H groups in total. The van der Waals surface area contributed by atoms with E-state index in [9.17, 15) is 0 Å². The Balaban J connectivity index is 2.17. The van der Waals surface area contributed by atoms with E-state index in [1.165, 1.54) is 11.1 Å². The molecule has 0 aliphatic heterocycles. The van der Waals surface area contributed by atoms with E-state index in [0.717, 1.165) is 21.9 Å². The highest BCUT2D eigenvalue weighted by Crippen LogP contribution is 2.38. The molecule has 2 heteroatoms. The minimum Gasteiger partial charge on any atom is -0.454 e. The van der Waals surface area contributed by atoms with Gasteiger partial charge >= 0.3 is 0 Å². The van der Waals surface area contributed by atoms with Crippen LogP contribution in [0.25, 0.3) is 33.1 Å².